The second kappa shape index (κ2) is 4.82. The van der Waals surface area contributed by atoms with Crippen molar-refractivity contribution in [1.29, 1.82) is 0 Å². The van der Waals surface area contributed by atoms with Crippen molar-refractivity contribution in [2.24, 2.45) is 23.5 Å². The quantitative estimate of drug-likeness (QED) is 0.720. The standard InChI is InChI=1S/C14H17BrIN/c15-10-3-4-13(16)12(7-10)14(17)11-6-8-1-2-9(11)5-8/h3-4,7-9,11,14H,1-2,5-6,17H2. The van der Waals surface area contributed by atoms with Crippen LogP contribution in [-0.2, 0) is 0 Å². The fourth-order valence-corrected chi connectivity index (χ4v) is 4.81. The zero-order valence-electron chi connectivity index (χ0n) is 9.70. The van der Waals surface area contributed by atoms with Crippen molar-refractivity contribution < 1.29 is 0 Å². The number of benzene rings is 1. The molecule has 0 amide bonds. The van der Waals surface area contributed by atoms with E-state index in [1.165, 1.54) is 34.8 Å². The Bertz CT molecular complexity index is 434. The molecule has 2 aliphatic carbocycles. The van der Waals surface area contributed by atoms with Crippen LogP contribution in [0.25, 0.3) is 0 Å². The van der Waals surface area contributed by atoms with Gasteiger partial charge in [-0.3, -0.25) is 0 Å². The summed E-state index contributed by atoms with van der Waals surface area (Å²) in [5.74, 6) is 2.59. The van der Waals surface area contributed by atoms with Crippen LogP contribution in [0, 0.1) is 21.3 Å². The smallest absolute Gasteiger partial charge is 0.0337 e. The Labute approximate surface area is 125 Å². The molecule has 4 unspecified atom stereocenters. The lowest BCUT2D eigenvalue weighted by Gasteiger charge is -2.28. The minimum atomic E-state index is 0.231. The first-order chi connectivity index (χ1) is 8.15. The summed E-state index contributed by atoms with van der Waals surface area (Å²) in [4.78, 5) is 0. The lowest BCUT2D eigenvalue weighted by Crippen LogP contribution is -2.26. The van der Waals surface area contributed by atoms with E-state index in [9.17, 15) is 0 Å². The number of hydrogen-bond donors (Lipinski definition) is 1. The second-order valence-corrected chi connectivity index (χ2v) is 7.61. The van der Waals surface area contributed by atoms with Gasteiger partial charge in [-0.15, -0.1) is 0 Å². The maximum Gasteiger partial charge on any atom is 0.0337 e. The zero-order valence-corrected chi connectivity index (χ0v) is 13.4. The van der Waals surface area contributed by atoms with Gasteiger partial charge in [0.1, 0.15) is 0 Å². The van der Waals surface area contributed by atoms with Crippen LogP contribution in [0.2, 0.25) is 0 Å². The molecular weight excluding hydrogens is 389 g/mol. The van der Waals surface area contributed by atoms with Crippen molar-refractivity contribution >= 4 is 38.5 Å². The highest BCUT2D eigenvalue weighted by molar-refractivity contribution is 14.1. The minimum absolute atomic E-state index is 0.231. The van der Waals surface area contributed by atoms with Crippen LogP contribution in [0.3, 0.4) is 0 Å². The molecule has 1 aromatic carbocycles. The van der Waals surface area contributed by atoms with Crippen molar-refractivity contribution in [3.8, 4) is 0 Å². The van der Waals surface area contributed by atoms with Crippen LogP contribution < -0.4 is 5.73 Å². The van der Waals surface area contributed by atoms with Crippen molar-refractivity contribution in [2.45, 2.75) is 31.7 Å². The Kier molecular flexibility index (Phi) is 3.52. The predicted molar refractivity (Wildman–Crippen MR) is 82.7 cm³/mol. The van der Waals surface area contributed by atoms with Gasteiger partial charge in [-0.1, -0.05) is 22.4 Å². The Balaban J connectivity index is 1.86. The van der Waals surface area contributed by atoms with Crippen LogP contribution in [0.5, 0.6) is 0 Å². The average molecular weight is 406 g/mol. The molecule has 2 aliphatic rings. The maximum atomic E-state index is 6.53. The van der Waals surface area contributed by atoms with Crippen LogP contribution in [-0.4, -0.2) is 0 Å². The molecule has 1 aromatic rings. The molecule has 3 rings (SSSR count). The van der Waals surface area contributed by atoms with E-state index in [0.29, 0.717) is 0 Å². The van der Waals surface area contributed by atoms with E-state index in [4.69, 9.17) is 5.73 Å². The summed E-state index contributed by atoms with van der Waals surface area (Å²) in [6.45, 7) is 0. The average Bonchev–Trinajstić information content (AvgIpc) is 2.93. The predicted octanol–water partition coefficient (Wildman–Crippen LogP) is 4.49. The number of fused-ring (bicyclic) bond motifs is 2. The monoisotopic (exact) mass is 405 g/mol. The molecule has 3 heteroatoms. The topological polar surface area (TPSA) is 26.0 Å². The van der Waals surface area contributed by atoms with Gasteiger partial charge in [0, 0.05) is 14.1 Å². The normalized spacial score (nSPS) is 33.0. The summed E-state index contributed by atoms with van der Waals surface area (Å²) >= 11 is 5.96. The highest BCUT2D eigenvalue weighted by atomic mass is 127. The highest BCUT2D eigenvalue weighted by Gasteiger charge is 2.42. The molecule has 2 saturated carbocycles. The number of rotatable bonds is 2. The summed E-state index contributed by atoms with van der Waals surface area (Å²) in [6, 6.07) is 6.69. The van der Waals surface area contributed by atoms with E-state index in [-0.39, 0.29) is 6.04 Å². The van der Waals surface area contributed by atoms with Gasteiger partial charge in [0.2, 0.25) is 0 Å². The van der Waals surface area contributed by atoms with Gasteiger partial charge in [-0.25, -0.2) is 0 Å². The number of hydrogen-bond acceptors (Lipinski definition) is 1. The summed E-state index contributed by atoms with van der Waals surface area (Å²) in [5.41, 5.74) is 7.86. The van der Waals surface area contributed by atoms with E-state index in [1.54, 1.807) is 0 Å². The van der Waals surface area contributed by atoms with E-state index in [1.807, 2.05) is 0 Å². The van der Waals surface area contributed by atoms with Crippen molar-refractivity contribution in [2.75, 3.05) is 0 Å². The Morgan fingerprint density at radius 1 is 1.29 bits per heavy atom. The Morgan fingerprint density at radius 2 is 2.12 bits per heavy atom. The molecule has 0 radical (unpaired) electrons. The summed E-state index contributed by atoms with van der Waals surface area (Å²) in [7, 11) is 0. The van der Waals surface area contributed by atoms with Gasteiger partial charge in [-0.05, 0) is 83.4 Å². The molecule has 4 atom stereocenters. The summed E-state index contributed by atoms with van der Waals surface area (Å²) in [6.07, 6.45) is 5.65. The van der Waals surface area contributed by atoms with E-state index >= 15 is 0 Å². The lowest BCUT2D eigenvalue weighted by molar-refractivity contribution is 0.284. The molecule has 0 heterocycles. The van der Waals surface area contributed by atoms with Crippen molar-refractivity contribution in [3.05, 3.63) is 31.8 Å². The van der Waals surface area contributed by atoms with Gasteiger partial charge >= 0.3 is 0 Å². The largest absolute Gasteiger partial charge is 0.324 e. The molecule has 17 heavy (non-hydrogen) atoms. The van der Waals surface area contributed by atoms with Crippen LogP contribution in [0.15, 0.2) is 22.7 Å². The van der Waals surface area contributed by atoms with E-state index in [2.05, 4.69) is 56.7 Å². The zero-order chi connectivity index (χ0) is 12.0. The summed E-state index contributed by atoms with van der Waals surface area (Å²) in [5, 5.41) is 0. The molecule has 2 fully saturated rings. The van der Waals surface area contributed by atoms with E-state index in [0.717, 1.165) is 22.2 Å². The molecule has 0 aliphatic heterocycles. The number of nitrogens with two attached hydrogens (primary N) is 1. The third kappa shape index (κ3) is 2.30. The first-order valence-electron chi connectivity index (χ1n) is 6.35. The van der Waals surface area contributed by atoms with Gasteiger partial charge in [0.15, 0.2) is 0 Å². The first-order valence-corrected chi connectivity index (χ1v) is 8.23. The Hall–Kier alpha value is 0.390. The van der Waals surface area contributed by atoms with Gasteiger partial charge in [0.25, 0.3) is 0 Å². The lowest BCUT2D eigenvalue weighted by atomic mass is 9.81. The molecule has 2 N–H and O–H groups in total. The van der Waals surface area contributed by atoms with Gasteiger partial charge in [0.05, 0.1) is 0 Å². The van der Waals surface area contributed by atoms with Gasteiger partial charge in [-0.2, -0.15) is 0 Å². The Morgan fingerprint density at radius 3 is 2.76 bits per heavy atom. The third-order valence-corrected chi connectivity index (χ3v) is 6.05. The highest BCUT2D eigenvalue weighted by Crippen LogP contribution is 2.52. The fourth-order valence-electron chi connectivity index (χ4n) is 3.73. The van der Waals surface area contributed by atoms with Crippen LogP contribution in [0.4, 0.5) is 0 Å². The van der Waals surface area contributed by atoms with Crippen molar-refractivity contribution in [1.82, 2.24) is 0 Å². The molecule has 0 saturated heterocycles. The maximum absolute atomic E-state index is 6.53. The SMILES string of the molecule is NC(c1cc(Br)ccc1I)C1CC2CCC1C2. The second-order valence-electron chi connectivity index (χ2n) is 5.53. The fraction of sp³-hybridized carbons (Fsp3) is 0.571. The number of halogens is 2. The third-order valence-electron chi connectivity index (χ3n) is 4.57. The molecule has 0 spiro atoms. The van der Waals surface area contributed by atoms with E-state index < -0.39 is 0 Å². The molecule has 92 valence electrons. The molecule has 2 bridgehead atoms. The summed E-state index contributed by atoms with van der Waals surface area (Å²) < 4.78 is 2.45. The first kappa shape index (κ1) is 12.4. The molecule has 0 aromatic heterocycles. The van der Waals surface area contributed by atoms with Crippen molar-refractivity contribution in [3.63, 3.8) is 0 Å². The van der Waals surface area contributed by atoms with Crippen LogP contribution >= 0.6 is 38.5 Å². The van der Waals surface area contributed by atoms with Gasteiger partial charge < -0.3 is 5.73 Å². The minimum Gasteiger partial charge on any atom is -0.324 e. The molecular formula is C14H17BrIN. The molecule has 1 nitrogen and oxygen atoms in total. The van der Waals surface area contributed by atoms with Crippen LogP contribution in [0.1, 0.15) is 37.3 Å².